The first-order valence-electron chi connectivity index (χ1n) is 7.65. The molecule has 1 rings (SSSR count). The van der Waals surface area contributed by atoms with Gasteiger partial charge in [0.25, 0.3) is 0 Å². The quantitative estimate of drug-likeness (QED) is 0.770. The van der Waals surface area contributed by atoms with E-state index in [1.165, 1.54) is 14.2 Å². The van der Waals surface area contributed by atoms with Crippen molar-refractivity contribution in [2.24, 2.45) is 11.8 Å². The summed E-state index contributed by atoms with van der Waals surface area (Å²) in [5.41, 5.74) is 0. The largest absolute Gasteiger partial charge is 0.469 e. The highest BCUT2D eigenvalue weighted by molar-refractivity contribution is 5.84. The van der Waals surface area contributed by atoms with Crippen LogP contribution in [0.3, 0.4) is 0 Å². The lowest BCUT2D eigenvalue weighted by atomic mass is 9.97. The zero-order chi connectivity index (χ0) is 16.7. The summed E-state index contributed by atoms with van der Waals surface area (Å²) in [5.74, 6) is -0.830. The van der Waals surface area contributed by atoms with Gasteiger partial charge in [0.1, 0.15) is 6.04 Å². The Balaban J connectivity index is 2.57. The van der Waals surface area contributed by atoms with Crippen molar-refractivity contribution in [3.8, 4) is 0 Å². The fraction of sp³-hybridized carbons (Fsp3) is 0.800. The summed E-state index contributed by atoms with van der Waals surface area (Å²) < 4.78 is 9.48. The van der Waals surface area contributed by atoms with Crippen molar-refractivity contribution in [1.82, 2.24) is 10.2 Å². The van der Waals surface area contributed by atoms with E-state index in [1.54, 1.807) is 4.90 Å². The van der Waals surface area contributed by atoms with Crippen LogP contribution in [0.1, 0.15) is 33.1 Å². The van der Waals surface area contributed by atoms with Gasteiger partial charge in [-0.15, -0.1) is 0 Å². The number of ether oxygens (including phenoxy) is 2. The third-order valence-electron chi connectivity index (χ3n) is 4.26. The molecule has 7 heteroatoms. The molecule has 0 spiro atoms. The van der Waals surface area contributed by atoms with E-state index >= 15 is 0 Å². The lowest BCUT2D eigenvalue weighted by molar-refractivity contribution is -0.146. The molecule has 126 valence electrons. The van der Waals surface area contributed by atoms with Crippen LogP contribution in [0.25, 0.3) is 0 Å². The van der Waals surface area contributed by atoms with Crippen molar-refractivity contribution in [2.45, 2.75) is 39.2 Å². The van der Waals surface area contributed by atoms with Crippen LogP contribution >= 0.6 is 0 Å². The molecule has 22 heavy (non-hydrogen) atoms. The highest BCUT2D eigenvalue weighted by Crippen LogP contribution is 2.19. The molecule has 0 aliphatic carbocycles. The zero-order valence-electron chi connectivity index (χ0n) is 13.8. The predicted octanol–water partition coefficient (Wildman–Crippen LogP) is 1.17. The van der Waals surface area contributed by atoms with Crippen LogP contribution in [0.4, 0.5) is 4.79 Å². The number of carbonyl (C=O) groups is 3. The van der Waals surface area contributed by atoms with Gasteiger partial charge >= 0.3 is 18.0 Å². The molecule has 0 saturated carbocycles. The van der Waals surface area contributed by atoms with Gasteiger partial charge in [-0.3, -0.25) is 4.79 Å². The summed E-state index contributed by atoms with van der Waals surface area (Å²) in [4.78, 5) is 37.2. The molecule has 0 radical (unpaired) electrons. The Morgan fingerprint density at radius 1 is 1.18 bits per heavy atom. The third-order valence-corrected chi connectivity index (χ3v) is 4.26. The second-order valence-electron chi connectivity index (χ2n) is 5.62. The number of hydrogen-bond acceptors (Lipinski definition) is 5. The Labute approximate surface area is 131 Å². The van der Waals surface area contributed by atoms with Gasteiger partial charge in [0.05, 0.1) is 20.1 Å². The van der Waals surface area contributed by atoms with Crippen molar-refractivity contribution in [2.75, 3.05) is 27.3 Å². The number of urea groups is 1. The van der Waals surface area contributed by atoms with Crippen molar-refractivity contribution < 1.29 is 23.9 Å². The van der Waals surface area contributed by atoms with E-state index in [0.29, 0.717) is 25.9 Å². The summed E-state index contributed by atoms with van der Waals surface area (Å²) in [7, 11) is 2.68. The summed E-state index contributed by atoms with van der Waals surface area (Å²) in [6.45, 7) is 4.79. The monoisotopic (exact) mass is 314 g/mol. The van der Waals surface area contributed by atoms with Crippen LogP contribution in [-0.4, -0.2) is 56.2 Å². The Morgan fingerprint density at radius 3 is 2.23 bits per heavy atom. The molecule has 1 saturated heterocycles. The third kappa shape index (κ3) is 4.61. The Kier molecular flexibility index (Phi) is 7.14. The van der Waals surface area contributed by atoms with Gasteiger partial charge < -0.3 is 19.7 Å². The Morgan fingerprint density at radius 2 is 1.77 bits per heavy atom. The van der Waals surface area contributed by atoms with Crippen molar-refractivity contribution in [3.05, 3.63) is 0 Å². The fourth-order valence-electron chi connectivity index (χ4n) is 2.51. The number of likely N-dealkylation sites (tertiary alicyclic amines) is 1. The zero-order valence-corrected chi connectivity index (χ0v) is 13.8. The van der Waals surface area contributed by atoms with Crippen molar-refractivity contribution >= 4 is 18.0 Å². The highest BCUT2D eigenvalue weighted by Gasteiger charge is 2.31. The van der Waals surface area contributed by atoms with E-state index in [-0.39, 0.29) is 23.8 Å². The van der Waals surface area contributed by atoms with Crippen molar-refractivity contribution in [3.63, 3.8) is 0 Å². The van der Waals surface area contributed by atoms with E-state index in [0.717, 1.165) is 6.42 Å². The molecule has 1 fully saturated rings. The van der Waals surface area contributed by atoms with Gasteiger partial charge in [-0.1, -0.05) is 20.3 Å². The SMILES string of the molecule is CCC(C)C(NC(=O)N1CCC(C(=O)OC)CC1)C(=O)OC. The van der Waals surface area contributed by atoms with Gasteiger partial charge in [0.15, 0.2) is 0 Å². The molecule has 7 nitrogen and oxygen atoms in total. The fourth-order valence-corrected chi connectivity index (χ4v) is 2.51. The van der Waals surface area contributed by atoms with Gasteiger partial charge in [-0.25, -0.2) is 9.59 Å². The van der Waals surface area contributed by atoms with Crippen LogP contribution in [0, 0.1) is 11.8 Å². The predicted molar refractivity (Wildman–Crippen MR) is 80.1 cm³/mol. The summed E-state index contributed by atoms with van der Waals surface area (Å²) in [5, 5.41) is 2.74. The topological polar surface area (TPSA) is 84.9 Å². The van der Waals surface area contributed by atoms with E-state index in [1.807, 2.05) is 13.8 Å². The lowest BCUT2D eigenvalue weighted by Crippen LogP contribution is -2.52. The molecule has 0 aromatic carbocycles. The Bertz CT molecular complexity index is 405. The first-order chi connectivity index (χ1) is 10.4. The maximum Gasteiger partial charge on any atom is 0.328 e. The van der Waals surface area contributed by atoms with Crippen LogP contribution in [0.5, 0.6) is 0 Å². The van der Waals surface area contributed by atoms with Crippen LogP contribution < -0.4 is 5.32 Å². The van der Waals surface area contributed by atoms with Crippen LogP contribution in [0.15, 0.2) is 0 Å². The second-order valence-corrected chi connectivity index (χ2v) is 5.62. The van der Waals surface area contributed by atoms with Crippen LogP contribution in [0.2, 0.25) is 0 Å². The first-order valence-corrected chi connectivity index (χ1v) is 7.65. The molecule has 1 aliphatic heterocycles. The normalized spacial score (nSPS) is 18.3. The number of carbonyl (C=O) groups excluding carboxylic acids is 3. The number of nitrogens with one attached hydrogen (secondary N) is 1. The Hall–Kier alpha value is -1.79. The maximum atomic E-state index is 12.3. The molecule has 2 unspecified atom stereocenters. The number of piperidine rings is 1. The molecule has 0 aromatic heterocycles. The van der Waals surface area contributed by atoms with E-state index in [2.05, 4.69) is 5.32 Å². The van der Waals surface area contributed by atoms with E-state index in [9.17, 15) is 14.4 Å². The van der Waals surface area contributed by atoms with Gasteiger partial charge in [-0.2, -0.15) is 0 Å². The number of amides is 2. The molecule has 1 aliphatic rings. The minimum Gasteiger partial charge on any atom is -0.469 e. The summed E-state index contributed by atoms with van der Waals surface area (Å²) in [6, 6.07) is -0.945. The lowest BCUT2D eigenvalue weighted by Gasteiger charge is -2.32. The molecule has 1 heterocycles. The summed E-state index contributed by atoms with van der Waals surface area (Å²) in [6.07, 6.45) is 1.91. The second kappa shape index (κ2) is 8.60. The number of esters is 2. The molecule has 0 bridgehead atoms. The molecule has 0 aromatic rings. The molecular formula is C15H26N2O5. The smallest absolute Gasteiger partial charge is 0.328 e. The number of methoxy groups -OCH3 is 2. The average molecular weight is 314 g/mol. The molecular weight excluding hydrogens is 288 g/mol. The van der Waals surface area contributed by atoms with Crippen molar-refractivity contribution in [1.29, 1.82) is 0 Å². The van der Waals surface area contributed by atoms with Gasteiger partial charge in [0.2, 0.25) is 0 Å². The minimum absolute atomic E-state index is 0.0102. The van der Waals surface area contributed by atoms with E-state index in [4.69, 9.17) is 9.47 Å². The minimum atomic E-state index is -0.652. The molecule has 1 N–H and O–H groups in total. The van der Waals surface area contributed by atoms with E-state index < -0.39 is 12.0 Å². The summed E-state index contributed by atoms with van der Waals surface area (Å²) >= 11 is 0. The molecule has 2 amide bonds. The maximum absolute atomic E-state index is 12.3. The van der Waals surface area contributed by atoms with Gasteiger partial charge in [0, 0.05) is 13.1 Å². The molecule has 2 atom stereocenters. The standard InChI is InChI=1S/C15H26N2O5/c1-5-10(2)12(14(19)22-4)16-15(20)17-8-6-11(7-9-17)13(18)21-3/h10-12H,5-9H2,1-4H3,(H,16,20). The average Bonchev–Trinajstić information content (AvgIpc) is 2.57. The number of rotatable bonds is 5. The number of hydrogen-bond donors (Lipinski definition) is 1. The number of nitrogens with zero attached hydrogens (tertiary/aromatic N) is 1. The van der Waals surface area contributed by atoms with Crippen LogP contribution in [-0.2, 0) is 19.1 Å². The first kappa shape index (κ1) is 18.3. The van der Waals surface area contributed by atoms with Gasteiger partial charge in [-0.05, 0) is 18.8 Å². The highest BCUT2D eigenvalue weighted by atomic mass is 16.5.